The molecule has 0 unspecified atom stereocenters. The van der Waals surface area contributed by atoms with Crippen LogP contribution in [0.3, 0.4) is 0 Å². The van der Waals surface area contributed by atoms with Crippen LogP contribution < -0.4 is 5.32 Å². The Bertz CT molecular complexity index is 850. The number of aryl methyl sites for hydroxylation is 1. The normalized spacial score (nSPS) is 25.8. The van der Waals surface area contributed by atoms with E-state index in [1.165, 1.54) is 5.56 Å². The number of nitrogens with one attached hydrogen (secondary N) is 1. The number of nitrogens with zero attached hydrogens (tertiary/aromatic N) is 2. The third-order valence-corrected chi connectivity index (χ3v) is 6.26. The SMILES string of the molecule is Cc1ccccc1-c1ncc(CN2C[C@H]3C(=O)NC[C@@]3(C(=O)O)C2)s1. The van der Waals surface area contributed by atoms with E-state index in [0.29, 0.717) is 19.6 Å². The number of carbonyl (C=O) groups is 2. The van der Waals surface area contributed by atoms with Crippen molar-refractivity contribution in [1.29, 1.82) is 0 Å². The van der Waals surface area contributed by atoms with Gasteiger partial charge in [0.25, 0.3) is 0 Å². The largest absolute Gasteiger partial charge is 0.481 e. The summed E-state index contributed by atoms with van der Waals surface area (Å²) in [6, 6.07) is 8.13. The molecule has 25 heavy (non-hydrogen) atoms. The lowest BCUT2D eigenvalue weighted by Crippen LogP contribution is -2.40. The first kappa shape index (κ1) is 16.2. The number of thiazole rings is 1. The molecule has 0 bridgehead atoms. The van der Waals surface area contributed by atoms with Gasteiger partial charge in [-0.05, 0) is 12.5 Å². The molecule has 2 N–H and O–H groups in total. The zero-order valence-corrected chi connectivity index (χ0v) is 14.7. The number of amides is 1. The summed E-state index contributed by atoms with van der Waals surface area (Å²) in [7, 11) is 0. The van der Waals surface area contributed by atoms with Gasteiger partial charge in [0.05, 0.1) is 5.92 Å². The number of hydrogen-bond donors (Lipinski definition) is 2. The number of benzene rings is 1. The number of aliphatic carboxylic acids is 1. The van der Waals surface area contributed by atoms with Crippen molar-refractivity contribution < 1.29 is 14.7 Å². The van der Waals surface area contributed by atoms with Crippen LogP contribution in [0.25, 0.3) is 10.6 Å². The lowest BCUT2D eigenvalue weighted by atomic mass is 9.81. The molecule has 2 aliphatic heterocycles. The van der Waals surface area contributed by atoms with Gasteiger partial charge in [-0.15, -0.1) is 11.3 Å². The summed E-state index contributed by atoms with van der Waals surface area (Å²) >= 11 is 1.62. The first-order valence-electron chi connectivity index (χ1n) is 8.24. The Morgan fingerprint density at radius 2 is 2.28 bits per heavy atom. The van der Waals surface area contributed by atoms with Gasteiger partial charge in [-0.1, -0.05) is 24.3 Å². The highest BCUT2D eigenvalue weighted by atomic mass is 32.1. The molecule has 2 aliphatic rings. The maximum Gasteiger partial charge on any atom is 0.313 e. The molecule has 1 amide bonds. The Balaban J connectivity index is 1.52. The third kappa shape index (κ3) is 2.63. The maximum atomic E-state index is 12.0. The van der Waals surface area contributed by atoms with Crippen LogP contribution in [0.2, 0.25) is 0 Å². The molecule has 7 heteroatoms. The van der Waals surface area contributed by atoms with Gasteiger partial charge in [-0.2, -0.15) is 0 Å². The van der Waals surface area contributed by atoms with Crippen LogP contribution >= 0.6 is 11.3 Å². The molecule has 2 saturated heterocycles. The number of rotatable bonds is 4. The molecular formula is C18H19N3O3S. The number of hydrogen-bond acceptors (Lipinski definition) is 5. The fourth-order valence-corrected chi connectivity index (χ4v) is 4.88. The van der Waals surface area contributed by atoms with Crippen molar-refractivity contribution in [2.45, 2.75) is 13.5 Å². The zero-order chi connectivity index (χ0) is 17.6. The molecule has 2 aromatic rings. The second-order valence-corrected chi connectivity index (χ2v) is 7.96. The lowest BCUT2D eigenvalue weighted by molar-refractivity contribution is -0.149. The zero-order valence-electron chi connectivity index (χ0n) is 13.9. The predicted octanol–water partition coefficient (Wildman–Crippen LogP) is 1.75. The van der Waals surface area contributed by atoms with Crippen LogP contribution in [0.5, 0.6) is 0 Å². The summed E-state index contributed by atoms with van der Waals surface area (Å²) in [4.78, 5) is 31.4. The summed E-state index contributed by atoms with van der Waals surface area (Å²) in [5.74, 6) is -1.49. The molecule has 130 valence electrons. The second-order valence-electron chi connectivity index (χ2n) is 6.85. The Morgan fingerprint density at radius 1 is 1.48 bits per heavy atom. The topological polar surface area (TPSA) is 82.5 Å². The van der Waals surface area contributed by atoms with E-state index < -0.39 is 17.3 Å². The molecule has 1 aromatic carbocycles. The van der Waals surface area contributed by atoms with E-state index in [1.54, 1.807) is 11.3 Å². The molecular weight excluding hydrogens is 338 g/mol. The summed E-state index contributed by atoms with van der Waals surface area (Å²) in [6.07, 6.45) is 1.86. The fourth-order valence-electron chi connectivity index (χ4n) is 3.84. The predicted molar refractivity (Wildman–Crippen MR) is 94.1 cm³/mol. The number of carbonyl (C=O) groups excluding carboxylic acids is 1. The van der Waals surface area contributed by atoms with Gasteiger partial charge in [-0.25, -0.2) is 4.98 Å². The van der Waals surface area contributed by atoms with E-state index in [9.17, 15) is 14.7 Å². The average Bonchev–Trinajstić information content (AvgIpc) is 3.25. The summed E-state index contributed by atoms with van der Waals surface area (Å²) < 4.78 is 0. The van der Waals surface area contributed by atoms with Crippen LogP contribution in [-0.4, -0.2) is 46.5 Å². The Labute approximate surface area is 149 Å². The van der Waals surface area contributed by atoms with E-state index in [1.807, 2.05) is 18.3 Å². The highest BCUT2D eigenvalue weighted by molar-refractivity contribution is 7.15. The standard InChI is InChI=1S/C18H19N3O3S/c1-11-4-2-3-5-13(11)16-19-6-12(25-16)7-21-8-14-15(22)20-9-18(14,10-21)17(23)24/h2-6,14H,7-10H2,1H3,(H,20,22)(H,23,24)/t14-,18+/m0/s1. The molecule has 0 saturated carbocycles. The third-order valence-electron chi connectivity index (χ3n) is 5.24. The van der Waals surface area contributed by atoms with Crippen molar-refractivity contribution >= 4 is 23.2 Å². The number of aromatic nitrogens is 1. The molecule has 4 rings (SSSR count). The Hall–Kier alpha value is -2.25. The quantitative estimate of drug-likeness (QED) is 0.871. The van der Waals surface area contributed by atoms with Crippen molar-refractivity contribution in [2.75, 3.05) is 19.6 Å². The van der Waals surface area contributed by atoms with Crippen LogP contribution in [0.1, 0.15) is 10.4 Å². The van der Waals surface area contributed by atoms with E-state index in [0.717, 1.165) is 15.4 Å². The van der Waals surface area contributed by atoms with E-state index in [-0.39, 0.29) is 12.5 Å². The van der Waals surface area contributed by atoms with Gasteiger partial charge in [0, 0.05) is 42.8 Å². The number of likely N-dealkylation sites (tertiary alicyclic amines) is 1. The van der Waals surface area contributed by atoms with Crippen LogP contribution in [0.4, 0.5) is 0 Å². The van der Waals surface area contributed by atoms with Crippen LogP contribution in [0, 0.1) is 18.3 Å². The van der Waals surface area contributed by atoms with Gasteiger partial charge in [-0.3, -0.25) is 14.5 Å². The minimum Gasteiger partial charge on any atom is -0.481 e. The molecule has 0 radical (unpaired) electrons. The molecule has 1 aromatic heterocycles. The van der Waals surface area contributed by atoms with Crippen molar-refractivity contribution in [3.05, 3.63) is 40.9 Å². The van der Waals surface area contributed by atoms with Crippen molar-refractivity contribution in [2.24, 2.45) is 11.3 Å². The minimum absolute atomic E-state index is 0.144. The van der Waals surface area contributed by atoms with E-state index >= 15 is 0 Å². The van der Waals surface area contributed by atoms with Gasteiger partial charge >= 0.3 is 5.97 Å². The number of carboxylic acid groups (broad SMARTS) is 1. The van der Waals surface area contributed by atoms with Crippen LogP contribution in [0.15, 0.2) is 30.5 Å². The lowest BCUT2D eigenvalue weighted by Gasteiger charge is -2.21. The highest BCUT2D eigenvalue weighted by Gasteiger charge is 2.59. The van der Waals surface area contributed by atoms with E-state index in [2.05, 4.69) is 34.3 Å². The Kier molecular flexibility index (Phi) is 3.85. The molecule has 0 aliphatic carbocycles. The van der Waals surface area contributed by atoms with Gasteiger partial charge in [0.15, 0.2) is 0 Å². The highest BCUT2D eigenvalue weighted by Crippen LogP contribution is 2.41. The smallest absolute Gasteiger partial charge is 0.313 e. The Morgan fingerprint density at radius 3 is 3.00 bits per heavy atom. The monoisotopic (exact) mass is 357 g/mol. The first-order valence-corrected chi connectivity index (χ1v) is 9.05. The van der Waals surface area contributed by atoms with Gasteiger partial charge in [0.1, 0.15) is 10.4 Å². The molecule has 2 fully saturated rings. The van der Waals surface area contributed by atoms with E-state index in [4.69, 9.17) is 0 Å². The van der Waals surface area contributed by atoms with Gasteiger partial charge < -0.3 is 10.4 Å². The number of carboxylic acids is 1. The van der Waals surface area contributed by atoms with Crippen molar-refractivity contribution in [3.63, 3.8) is 0 Å². The summed E-state index contributed by atoms with van der Waals surface area (Å²) in [5.41, 5.74) is 1.32. The summed E-state index contributed by atoms with van der Waals surface area (Å²) in [5, 5.41) is 13.3. The fraction of sp³-hybridized carbons (Fsp3) is 0.389. The van der Waals surface area contributed by atoms with Gasteiger partial charge in [0.2, 0.25) is 5.91 Å². The first-order chi connectivity index (χ1) is 12.0. The van der Waals surface area contributed by atoms with Crippen molar-refractivity contribution in [3.8, 4) is 10.6 Å². The van der Waals surface area contributed by atoms with Crippen molar-refractivity contribution in [1.82, 2.24) is 15.2 Å². The maximum absolute atomic E-state index is 12.0. The molecule has 0 spiro atoms. The summed E-state index contributed by atoms with van der Waals surface area (Å²) in [6.45, 7) is 3.79. The second kappa shape index (κ2) is 5.93. The molecule has 6 nitrogen and oxygen atoms in total. The average molecular weight is 357 g/mol. The van der Waals surface area contributed by atoms with Crippen LogP contribution in [-0.2, 0) is 16.1 Å². The molecule has 2 atom stereocenters. The number of fused-ring (bicyclic) bond motifs is 1. The molecule has 3 heterocycles. The minimum atomic E-state index is -0.985.